The van der Waals surface area contributed by atoms with Crippen LogP contribution in [0.15, 0.2) is 41.2 Å². The fourth-order valence-electron chi connectivity index (χ4n) is 4.28. The van der Waals surface area contributed by atoms with Gasteiger partial charge in [-0.25, -0.2) is 18.4 Å². The van der Waals surface area contributed by atoms with Crippen molar-refractivity contribution >= 4 is 27.7 Å². The summed E-state index contributed by atoms with van der Waals surface area (Å²) in [6, 6.07) is 13.2. The SMILES string of the molecule is N#Cc1cc2[nH]c(Cc3nn(CC(=O)NC(C#N)C4CC4)c(=O)c4ccccc34)nc2cc1OCC(F)F. The molecule has 2 heterocycles. The van der Waals surface area contributed by atoms with Crippen molar-refractivity contribution in [3.8, 4) is 17.9 Å². The first-order valence-electron chi connectivity index (χ1n) is 11.9. The molecule has 1 aliphatic rings. The van der Waals surface area contributed by atoms with Crippen LogP contribution in [0.2, 0.25) is 0 Å². The van der Waals surface area contributed by atoms with Gasteiger partial charge in [0.15, 0.2) is 0 Å². The Morgan fingerprint density at radius 2 is 2.00 bits per heavy atom. The average Bonchev–Trinajstić information content (AvgIpc) is 3.68. The van der Waals surface area contributed by atoms with E-state index in [1.54, 1.807) is 24.3 Å². The number of ether oxygens (including phenoxy) is 1. The van der Waals surface area contributed by atoms with E-state index in [9.17, 15) is 28.9 Å². The van der Waals surface area contributed by atoms with Crippen molar-refractivity contribution in [2.75, 3.05) is 6.61 Å². The number of H-pyrrole nitrogens is 1. The van der Waals surface area contributed by atoms with E-state index < -0.39 is 30.5 Å². The average molecular weight is 517 g/mol. The summed E-state index contributed by atoms with van der Waals surface area (Å²) in [4.78, 5) is 33.3. The van der Waals surface area contributed by atoms with Gasteiger partial charge in [-0.1, -0.05) is 18.2 Å². The third kappa shape index (κ3) is 5.15. The number of fused-ring (bicyclic) bond motifs is 2. The molecule has 2 aromatic carbocycles. The molecule has 1 unspecified atom stereocenters. The zero-order chi connectivity index (χ0) is 26.8. The van der Waals surface area contributed by atoms with Gasteiger partial charge in [0.05, 0.1) is 40.2 Å². The molecule has 2 aromatic heterocycles. The Morgan fingerprint density at radius 1 is 1.24 bits per heavy atom. The Morgan fingerprint density at radius 3 is 2.68 bits per heavy atom. The fraction of sp³-hybridized carbons (Fsp3) is 0.308. The molecule has 10 nitrogen and oxygen atoms in total. The van der Waals surface area contributed by atoms with E-state index >= 15 is 0 Å². The van der Waals surface area contributed by atoms with Gasteiger partial charge in [-0.05, 0) is 30.9 Å². The highest BCUT2D eigenvalue weighted by atomic mass is 19.3. The van der Waals surface area contributed by atoms with Gasteiger partial charge >= 0.3 is 0 Å². The van der Waals surface area contributed by atoms with Crippen LogP contribution in [0.25, 0.3) is 21.8 Å². The molecule has 4 aromatic rings. The van der Waals surface area contributed by atoms with Crippen LogP contribution in [0.4, 0.5) is 8.78 Å². The summed E-state index contributed by atoms with van der Waals surface area (Å²) in [6.07, 6.45) is -0.785. The highest BCUT2D eigenvalue weighted by Crippen LogP contribution is 2.32. The van der Waals surface area contributed by atoms with Gasteiger partial charge < -0.3 is 15.0 Å². The summed E-state index contributed by atoms with van der Waals surface area (Å²) in [6.45, 7) is -1.20. The Kier molecular flexibility index (Phi) is 6.71. The second-order valence-corrected chi connectivity index (χ2v) is 9.01. The molecule has 0 spiro atoms. The van der Waals surface area contributed by atoms with E-state index in [4.69, 9.17) is 4.74 Å². The molecule has 12 heteroatoms. The Bertz CT molecular complexity index is 1680. The largest absolute Gasteiger partial charge is 0.486 e. The van der Waals surface area contributed by atoms with E-state index in [1.165, 1.54) is 12.1 Å². The zero-order valence-electron chi connectivity index (χ0n) is 19.9. The molecule has 2 N–H and O–H groups in total. The second-order valence-electron chi connectivity index (χ2n) is 9.01. The van der Waals surface area contributed by atoms with Crippen molar-refractivity contribution in [1.82, 2.24) is 25.1 Å². The standard InChI is InChI=1S/C26H21F2N7O3/c27-23(28)13-38-22-8-20-19(7-15(22)10-29)31-24(32-20)9-18-16-3-1-2-4-17(16)26(37)35(34-18)12-25(36)33-21(11-30)14-5-6-14/h1-4,7-8,14,21,23H,5-6,9,12-13H2,(H,31,32)(H,33,36). The van der Waals surface area contributed by atoms with Gasteiger partial charge in [0.2, 0.25) is 5.91 Å². The minimum Gasteiger partial charge on any atom is -0.486 e. The van der Waals surface area contributed by atoms with E-state index in [0.29, 0.717) is 33.3 Å². The summed E-state index contributed by atoms with van der Waals surface area (Å²) in [5, 5.41) is 26.8. The number of hydrogen-bond donors (Lipinski definition) is 2. The van der Waals surface area contributed by atoms with Crippen LogP contribution >= 0.6 is 0 Å². The smallest absolute Gasteiger partial charge is 0.275 e. The molecule has 5 rings (SSSR count). The molecule has 1 amide bonds. The first-order valence-corrected chi connectivity index (χ1v) is 11.9. The maximum Gasteiger partial charge on any atom is 0.275 e. The second kappa shape index (κ2) is 10.3. The monoisotopic (exact) mass is 517 g/mol. The molecule has 1 aliphatic carbocycles. The lowest BCUT2D eigenvalue weighted by Crippen LogP contribution is -2.40. The minimum absolute atomic E-state index is 0.00311. The van der Waals surface area contributed by atoms with E-state index in [1.807, 2.05) is 6.07 Å². The quantitative estimate of drug-likeness (QED) is 0.347. The maximum absolute atomic E-state index is 13.1. The van der Waals surface area contributed by atoms with Gasteiger partial charge in [0.25, 0.3) is 12.0 Å². The van der Waals surface area contributed by atoms with Gasteiger partial charge in [0, 0.05) is 11.5 Å². The first-order chi connectivity index (χ1) is 18.4. The summed E-state index contributed by atoms with van der Waals surface area (Å²) in [7, 11) is 0. The number of nitriles is 2. The summed E-state index contributed by atoms with van der Waals surface area (Å²) in [5.41, 5.74) is 1.02. The Balaban J connectivity index is 1.46. The molecule has 192 valence electrons. The number of aromatic nitrogens is 4. The lowest BCUT2D eigenvalue weighted by Gasteiger charge is -2.13. The number of nitrogens with zero attached hydrogens (tertiary/aromatic N) is 5. The predicted octanol–water partition coefficient (Wildman–Crippen LogP) is 2.80. The van der Waals surface area contributed by atoms with Crippen LogP contribution in [-0.4, -0.2) is 44.7 Å². The summed E-state index contributed by atoms with van der Waals surface area (Å²) >= 11 is 0. The minimum atomic E-state index is -2.69. The molecular weight excluding hydrogens is 496 g/mol. The molecule has 0 radical (unpaired) electrons. The molecule has 0 bridgehead atoms. The number of carbonyl (C=O) groups excluding carboxylic acids is 1. The molecule has 0 saturated heterocycles. The lowest BCUT2D eigenvalue weighted by molar-refractivity contribution is -0.122. The third-order valence-corrected chi connectivity index (χ3v) is 6.24. The number of rotatable bonds is 9. The van der Waals surface area contributed by atoms with E-state index in [2.05, 4.69) is 26.5 Å². The van der Waals surface area contributed by atoms with Crippen LogP contribution in [0.3, 0.4) is 0 Å². The highest BCUT2D eigenvalue weighted by Gasteiger charge is 2.32. The molecule has 0 aliphatic heterocycles. The Labute approximate surface area is 214 Å². The number of carbonyl (C=O) groups is 1. The Hall–Kier alpha value is -4.84. The number of nitrogens with one attached hydrogen (secondary N) is 2. The fourth-order valence-corrected chi connectivity index (χ4v) is 4.28. The van der Waals surface area contributed by atoms with Gasteiger partial charge in [-0.3, -0.25) is 9.59 Å². The number of aromatic amines is 1. The molecular formula is C26H21F2N7O3. The van der Waals surface area contributed by atoms with Gasteiger partial charge in [0.1, 0.15) is 36.8 Å². The number of imidazole rings is 1. The van der Waals surface area contributed by atoms with Crippen molar-refractivity contribution in [3.63, 3.8) is 0 Å². The van der Waals surface area contributed by atoms with Crippen molar-refractivity contribution < 1.29 is 18.3 Å². The molecule has 1 atom stereocenters. The van der Waals surface area contributed by atoms with Gasteiger partial charge in [-0.2, -0.15) is 15.6 Å². The number of hydrogen-bond acceptors (Lipinski definition) is 7. The van der Waals surface area contributed by atoms with Crippen LogP contribution in [0.5, 0.6) is 5.75 Å². The van der Waals surface area contributed by atoms with Crippen molar-refractivity contribution in [2.45, 2.75) is 38.3 Å². The lowest BCUT2D eigenvalue weighted by atomic mass is 10.1. The van der Waals surface area contributed by atoms with E-state index in [-0.39, 0.29) is 30.2 Å². The van der Waals surface area contributed by atoms with Crippen molar-refractivity contribution in [3.05, 3.63) is 63.8 Å². The molecule has 38 heavy (non-hydrogen) atoms. The van der Waals surface area contributed by atoms with Crippen LogP contribution in [-0.2, 0) is 17.8 Å². The van der Waals surface area contributed by atoms with E-state index in [0.717, 1.165) is 17.5 Å². The van der Waals surface area contributed by atoms with Crippen LogP contribution in [0.1, 0.15) is 29.9 Å². The van der Waals surface area contributed by atoms with Crippen LogP contribution < -0.4 is 15.6 Å². The number of alkyl halides is 2. The normalized spacial score (nSPS) is 13.8. The highest BCUT2D eigenvalue weighted by molar-refractivity contribution is 5.85. The number of halogens is 2. The van der Waals surface area contributed by atoms with Crippen LogP contribution in [0, 0.1) is 28.6 Å². The predicted molar refractivity (Wildman–Crippen MR) is 131 cm³/mol. The topological polar surface area (TPSA) is 149 Å². The molecule has 1 fully saturated rings. The summed E-state index contributed by atoms with van der Waals surface area (Å²) in [5.74, 6) is 0.101. The van der Waals surface area contributed by atoms with Gasteiger partial charge in [-0.15, -0.1) is 0 Å². The van der Waals surface area contributed by atoms with Crippen molar-refractivity contribution in [2.24, 2.45) is 5.92 Å². The number of amides is 1. The number of benzene rings is 2. The van der Waals surface area contributed by atoms with Crippen molar-refractivity contribution in [1.29, 1.82) is 10.5 Å². The maximum atomic E-state index is 13.1. The summed E-state index contributed by atoms with van der Waals surface area (Å²) < 4.78 is 31.3. The molecule has 1 saturated carbocycles. The third-order valence-electron chi connectivity index (χ3n) is 6.24. The zero-order valence-corrected chi connectivity index (χ0v) is 19.9. The first kappa shape index (κ1) is 24.8.